The molecule has 1 spiro atoms. The molecule has 2 fully saturated rings. The number of hydrogen-bond donors (Lipinski definition) is 2. The smallest absolute Gasteiger partial charge is 0.322 e. The van der Waals surface area contributed by atoms with Gasteiger partial charge in [-0.15, -0.1) is 0 Å². The highest BCUT2D eigenvalue weighted by Gasteiger charge is 2.49. The average molecular weight is 240 g/mol. The number of amides is 3. The largest absolute Gasteiger partial charge is 0.378 e. The van der Waals surface area contributed by atoms with Gasteiger partial charge in [0.05, 0.1) is 6.10 Å². The number of rotatable bonds is 4. The first-order valence-electron chi connectivity index (χ1n) is 6.41. The first kappa shape index (κ1) is 12.4. The van der Waals surface area contributed by atoms with Crippen LogP contribution in [0.2, 0.25) is 0 Å². The van der Waals surface area contributed by atoms with E-state index in [0.717, 1.165) is 38.7 Å². The Bertz CT molecular complexity index is 319. The quantitative estimate of drug-likeness (QED) is 0.575. The molecule has 2 rings (SSSR count). The maximum absolute atomic E-state index is 11.8. The van der Waals surface area contributed by atoms with Crippen LogP contribution in [0.15, 0.2) is 0 Å². The van der Waals surface area contributed by atoms with E-state index < -0.39 is 5.54 Å². The third-order valence-corrected chi connectivity index (χ3v) is 3.57. The van der Waals surface area contributed by atoms with Crippen LogP contribution in [-0.2, 0) is 9.53 Å². The number of unbranched alkanes of at least 4 members (excludes halogenated alkanes) is 1. The Morgan fingerprint density at radius 2 is 2.29 bits per heavy atom. The molecule has 17 heavy (non-hydrogen) atoms. The fraction of sp³-hybridized carbons (Fsp3) is 0.833. The molecular formula is C12H20N2O3. The highest BCUT2D eigenvalue weighted by molar-refractivity contribution is 6.07. The van der Waals surface area contributed by atoms with Crippen LogP contribution in [0.3, 0.4) is 0 Å². The van der Waals surface area contributed by atoms with Crippen LogP contribution in [0.25, 0.3) is 0 Å². The lowest BCUT2D eigenvalue weighted by Gasteiger charge is -2.35. The summed E-state index contributed by atoms with van der Waals surface area (Å²) in [5.41, 5.74) is -0.702. The third-order valence-electron chi connectivity index (χ3n) is 3.57. The molecule has 1 saturated heterocycles. The van der Waals surface area contributed by atoms with E-state index >= 15 is 0 Å². The molecule has 96 valence electrons. The molecule has 0 aromatic rings. The number of nitrogens with one attached hydrogen (secondary N) is 2. The molecule has 2 atom stereocenters. The van der Waals surface area contributed by atoms with Gasteiger partial charge in [0.2, 0.25) is 0 Å². The van der Waals surface area contributed by atoms with Gasteiger partial charge >= 0.3 is 6.03 Å². The van der Waals surface area contributed by atoms with E-state index in [2.05, 4.69) is 17.6 Å². The van der Waals surface area contributed by atoms with Crippen LogP contribution < -0.4 is 10.6 Å². The summed E-state index contributed by atoms with van der Waals surface area (Å²) >= 11 is 0. The Morgan fingerprint density at radius 3 is 2.94 bits per heavy atom. The minimum atomic E-state index is -0.702. The molecule has 2 aliphatic rings. The van der Waals surface area contributed by atoms with Gasteiger partial charge in [0, 0.05) is 13.0 Å². The van der Waals surface area contributed by atoms with Crippen molar-refractivity contribution in [1.29, 1.82) is 0 Å². The molecule has 0 bridgehead atoms. The zero-order valence-corrected chi connectivity index (χ0v) is 10.3. The zero-order valence-electron chi connectivity index (χ0n) is 10.3. The lowest BCUT2D eigenvalue weighted by atomic mass is 9.80. The van der Waals surface area contributed by atoms with Crippen LogP contribution in [0.5, 0.6) is 0 Å². The van der Waals surface area contributed by atoms with Gasteiger partial charge in [-0.25, -0.2) is 4.79 Å². The maximum Gasteiger partial charge on any atom is 0.322 e. The monoisotopic (exact) mass is 240 g/mol. The predicted octanol–water partition coefficient (Wildman–Crippen LogP) is 1.32. The van der Waals surface area contributed by atoms with Crippen molar-refractivity contribution in [3.63, 3.8) is 0 Å². The van der Waals surface area contributed by atoms with Crippen molar-refractivity contribution in [3.8, 4) is 0 Å². The van der Waals surface area contributed by atoms with Gasteiger partial charge in [-0.2, -0.15) is 0 Å². The third kappa shape index (κ3) is 2.60. The van der Waals surface area contributed by atoms with Crippen LogP contribution in [-0.4, -0.2) is 30.2 Å². The number of imide groups is 1. The van der Waals surface area contributed by atoms with Gasteiger partial charge in [0.1, 0.15) is 5.54 Å². The Morgan fingerprint density at radius 1 is 1.47 bits per heavy atom. The Hall–Kier alpha value is -1.10. The summed E-state index contributed by atoms with van der Waals surface area (Å²) in [6, 6.07) is -0.371. The standard InChI is InChI=1S/C12H20N2O3/c1-2-3-7-17-9-5-4-6-12(8-9)10(15)13-11(16)14-12/h9H,2-8H2,1H3,(H2,13,14,15,16). The SMILES string of the molecule is CCCCOC1CCCC2(C1)NC(=O)NC2=O. The number of carbonyl (C=O) groups excluding carboxylic acids is 2. The summed E-state index contributed by atoms with van der Waals surface area (Å²) in [4.78, 5) is 23.0. The second-order valence-corrected chi connectivity index (χ2v) is 4.93. The van der Waals surface area contributed by atoms with Crippen molar-refractivity contribution in [2.75, 3.05) is 6.61 Å². The van der Waals surface area contributed by atoms with E-state index in [1.54, 1.807) is 0 Å². The highest BCUT2D eigenvalue weighted by Crippen LogP contribution is 2.32. The second-order valence-electron chi connectivity index (χ2n) is 4.93. The molecule has 1 aliphatic heterocycles. The fourth-order valence-electron chi connectivity index (χ4n) is 2.61. The summed E-state index contributed by atoms with van der Waals surface area (Å²) < 4.78 is 5.76. The Labute approximate surface area is 101 Å². The normalized spacial score (nSPS) is 32.6. The Kier molecular flexibility index (Phi) is 3.66. The van der Waals surface area contributed by atoms with E-state index in [9.17, 15) is 9.59 Å². The van der Waals surface area contributed by atoms with E-state index in [1.807, 2.05) is 0 Å². The van der Waals surface area contributed by atoms with Crippen molar-refractivity contribution in [2.45, 2.75) is 57.1 Å². The van der Waals surface area contributed by atoms with Gasteiger partial charge in [-0.1, -0.05) is 13.3 Å². The van der Waals surface area contributed by atoms with Crippen molar-refractivity contribution in [3.05, 3.63) is 0 Å². The molecular weight excluding hydrogens is 220 g/mol. The number of urea groups is 1. The summed E-state index contributed by atoms with van der Waals surface area (Å²) in [5.74, 6) is -0.189. The minimum Gasteiger partial charge on any atom is -0.378 e. The average Bonchev–Trinajstić information content (AvgIpc) is 2.54. The first-order chi connectivity index (χ1) is 8.16. The van der Waals surface area contributed by atoms with Crippen LogP contribution in [0.1, 0.15) is 45.4 Å². The summed E-state index contributed by atoms with van der Waals surface area (Å²) in [7, 11) is 0. The van der Waals surface area contributed by atoms with Crippen LogP contribution in [0.4, 0.5) is 4.79 Å². The van der Waals surface area contributed by atoms with Gasteiger partial charge in [0.25, 0.3) is 5.91 Å². The molecule has 5 heteroatoms. The first-order valence-corrected chi connectivity index (χ1v) is 6.41. The number of ether oxygens (including phenoxy) is 1. The Balaban J connectivity index is 1.92. The molecule has 0 radical (unpaired) electrons. The second kappa shape index (κ2) is 5.04. The molecule has 5 nitrogen and oxygen atoms in total. The molecule has 0 aromatic heterocycles. The maximum atomic E-state index is 11.8. The molecule has 2 N–H and O–H groups in total. The topological polar surface area (TPSA) is 67.4 Å². The highest BCUT2D eigenvalue weighted by atomic mass is 16.5. The molecule has 1 heterocycles. The zero-order chi connectivity index (χ0) is 12.3. The van der Waals surface area contributed by atoms with Gasteiger partial charge < -0.3 is 10.1 Å². The molecule has 1 aliphatic carbocycles. The molecule has 0 aromatic carbocycles. The van der Waals surface area contributed by atoms with Gasteiger partial charge in [-0.3, -0.25) is 10.1 Å². The van der Waals surface area contributed by atoms with Crippen molar-refractivity contribution in [2.24, 2.45) is 0 Å². The number of hydrogen-bond acceptors (Lipinski definition) is 3. The van der Waals surface area contributed by atoms with E-state index in [1.165, 1.54) is 0 Å². The van der Waals surface area contributed by atoms with Crippen LogP contribution >= 0.6 is 0 Å². The lowest BCUT2D eigenvalue weighted by Crippen LogP contribution is -2.51. The fourth-order valence-corrected chi connectivity index (χ4v) is 2.61. The van der Waals surface area contributed by atoms with Gasteiger partial charge in [-0.05, 0) is 25.7 Å². The van der Waals surface area contributed by atoms with E-state index in [-0.39, 0.29) is 18.0 Å². The lowest BCUT2D eigenvalue weighted by molar-refractivity contribution is -0.127. The minimum absolute atomic E-state index is 0.0967. The molecule has 2 unspecified atom stereocenters. The molecule has 1 saturated carbocycles. The van der Waals surface area contributed by atoms with Gasteiger partial charge in [0.15, 0.2) is 0 Å². The summed E-state index contributed by atoms with van der Waals surface area (Å²) in [5, 5.41) is 5.08. The van der Waals surface area contributed by atoms with E-state index in [0.29, 0.717) is 6.42 Å². The molecule has 3 amide bonds. The van der Waals surface area contributed by atoms with Crippen LogP contribution in [0, 0.1) is 0 Å². The van der Waals surface area contributed by atoms with Crippen molar-refractivity contribution in [1.82, 2.24) is 10.6 Å². The summed E-state index contributed by atoms with van der Waals surface area (Å²) in [6.45, 7) is 2.86. The number of carbonyl (C=O) groups is 2. The van der Waals surface area contributed by atoms with Crippen molar-refractivity contribution >= 4 is 11.9 Å². The summed E-state index contributed by atoms with van der Waals surface area (Å²) in [6.07, 6.45) is 5.47. The van der Waals surface area contributed by atoms with Crippen molar-refractivity contribution < 1.29 is 14.3 Å². The van der Waals surface area contributed by atoms with E-state index in [4.69, 9.17) is 4.74 Å². The predicted molar refractivity (Wildman–Crippen MR) is 62.5 cm³/mol.